The Hall–Kier alpha value is -1.52. The molecule has 104 valence electrons. The zero-order chi connectivity index (χ0) is 13.1. The summed E-state index contributed by atoms with van der Waals surface area (Å²) in [6, 6.07) is 6.08. The second-order valence-corrected chi connectivity index (χ2v) is 4.64. The van der Waals surface area contributed by atoms with E-state index in [0.29, 0.717) is 6.54 Å². The predicted octanol–water partition coefficient (Wildman–Crippen LogP) is 2.75. The molecule has 0 spiro atoms. The van der Waals surface area contributed by atoms with Crippen molar-refractivity contribution < 1.29 is 4.74 Å². The molecule has 2 N–H and O–H groups in total. The van der Waals surface area contributed by atoms with Gasteiger partial charge in [-0.25, -0.2) is 0 Å². The summed E-state index contributed by atoms with van der Waals surface area (Å²) < 4.78 is 7.53. The Kier molecular flexibility index (Phi) is 5.39. The lowest BCUT2D eigenvalue weighted by Crippen LogP contribution is -2.06. The van der Waals surface area contributed by atoms with Gasteiger partial charge < -0.3 is 10.5 Å². The highest BCUT2D eigenvalue weighted by atomic mass is 35.5. The van der Waals surface area contributed by atoms with E-state index in [-0.39, 0.29) is 18.5 Å². The maximum Gasteiger partial charge on any atom is 0.120 e. The van der Waals surface area contributed by atoms with E-state index in [9.17, 15) is 0 Å². The SMILES string of the molecule is CC(C)Oc1cc(CN)cc(-c2cnn(C)c2)c1.Cl. The molecule has 0 atom stereocenters. The summed E-state index contributed by atoms with van der Waals surface area (Å²) >= 11 is 0. The van der Waals surface area contributed by atoms with Crippen LogP contribution in [0.25, 0.3) is 11.1 Å². The molecule has 1 aromatic carbocycles. The number of halogens is 1. The summed E-state index contributed by atoms with van der Waals surface area (Å²) in [4.78, 5) is 0. The van der Waals surface area contributed by atoms with Crippen LogP contribution in [-0.2, 0) is 13.6 Å². The maximum atomic E-state index is 5.74. The highest BCUT2D eigenvalue weighted by molar-refractivity contribution is 5.85. The predicted molar refractivity (Wildman–Crippen MR) is 79.5 cm³/mol. The van der Waals surface area contributed by atoms with Gasteiger partial charge in [0.2, 0.25) is 0 Å². The fourth-order valence-electron chi connectivity index (χ4n) is 1.86. The van der Waals surface area contributed by atoms with Gasteiger partial charge >= 0.3 is 0 Å². The van der Waals surface area contributed by atoms with E-state index in [1.807, 2.05) is 45.4 Å². The van der Waals surface area contributed by atoms with Crippen LogP contribution in [0.15, 0.2) is 30.6 Å². The van der Waals surface area contributed by atoms with Crippen molar-refractivity contribution in [3.05, 3.63) is 36.2 Å². The van der Waals surface area contributed by atoms with Gasteiger partial charge in [-0.3, -0.25) is 4.68 Å². The van der Waals surface area contributed by atoms with Crippen molar-refractivity contribution in [2.75, 3.05) is 0 Å². The van der Waals surface area contributed by atoms with Gasteiger partial charge in [0, 0.05) is 25.4 Å². The van der Waals surface area contributed by atoms with Gasteiger partial charge in [0.1, 0.15) is 5.75 Å². The van der Waals surface area contributed by atoms with Crippen molar-refractivity contribution in [2.45, 2.75) is 26.5 Å². The van der Waals surface area contributed by atoms with Crippen LogP contribution in [0.3, 0.4) is 0 Å². The molecule has 0 amide bonds. The molecule has 5 heteroatoms. The Labute approximate surface area is 120 Å². The van der Waals surface area contributed by atoms with Gasteiger partial charge in [0.15, 0.2) is 0 Å². The second-order valence-electron chi connectivity index (χ2n) is 4.64. The number of hydrogen-bond acceptors (Lipinski definition) is 3. The summed E-state index contributed by atoms with van der Waals surface area (Å²) in [6.07, 6.45) is 3.98. The molecule has 0 saturated heterocycles. The first kappa shape index (κ1) is 15.5. The minimum absolute atomic E-state index is 0. The molecule has 0 unspecified atom stereocenters. The first-order valence-electron chi connectivity index (χ1n) is 6.08. The summed E-state index contributed by atoms with van der Waals surface area (Å²) in [5.41, 5.74) is 8.94. The molecule has 0 aliphatic rings. The Morgan fingerprint density at radius 2 is 2.00 bits per heavy atom. The van der Waals surface area contributed by atoms with Gasteiger partial charge in [0.25, 0.3) is 0 Å². The van der Waals surface area contributed by atoms with Crippen molar-refractivity contribution in [3.63, 3.8) is 0 Å². The zero-order valence-electron chi connectivity index (χ0n) is 11.5. The standard InChI is InChI=1S/C14H19N3O.ClH/c1-10(2)18-14-5-11(7-15)4-12(6-14)13-8-16-17(3)9-13;/h4-6,8-10H,7,15H2,1-3H3;1H. The van der Waals surface area contributed by atoms with Crippen molar-refractivity contribution in [2.24, 2.45) is 12.8 Å². The van der Waals surface area contributed by atoms with E-state index in [2.05, 4.69) is 11.2 Å². The monoisotopic (exact) mass is 281 g/mol. The van der Waals surface area contributed by atoms with Crippen LogP contribution in [0.5, 0.6) is 5.75 Å². The summed E-state index contributed by atoms with van der Waals surface area (Å²) in [7, 11) is 1.90. The maximum absolute atomic E-state index is 5.74. The minimum Gasteiger partial charge on any atom is -0.491 e. The average Bonchev–Trinajstić information content (AvgIpc) is 2.74. The van der Waals surface area contributed by atoms with E-state index in [4.69, 9.17) is 10.5 Å². The van der Waals surface area contributed by atoms with Crippen LogP contribution in [-0.4, -0.2) is 15.9 Å². The third-order valence-electron chi connectivity index (χ3n) is 2.61. The third-order valence-corrected chi connectivity index (χ3v) is 2.61. The van der Waals surface area contributed by atoms with Crippen LogP contribution in [0.2, 0.25) is 0 Å². The topological polar surface area (TPSA) is 53.1 Å². The van der Waals surface area contributed by atoms with Crippen molar-refractivity contribution in [1.82, 2.24) is 9.78 Å². The summed E-state index contributed by atoms with van der Waals surface area (Å²) in [5, 5.41) is 4.18. The molecule has 19 heavy (non-hydrogen) atoms. The molecule has 0 fully saturated rings. The van der Waals surface area contributed by atoms with E-state index in [0.717, 1.165) is 22.4 Å². The molecule has 0 aliphatic carbocycles. The number of aromatic nitrogens is 2. The molecule has 2 rings (SSSR count). The van der Waals surface area contributed by atoms with Crippen LogP contribution in [0, 0.1) is 0 Å². The minimum atomic E-state index is 0. The molecular formula is C14H20ClN3O. The fraction of sp³-hybridized carbons (Fsp3) is 0.357. The molecule has 1 heterocycles. The van der Waals surface area contributed by atoms with Crippen LogP contribution in [0.1, 0.15) is 19.4 Å². The first-order chi connectivity index (χ1) is 8.58. The van der Waals surface area contributed by atoms with Gasteiger partial charge in [-0.05, 0) is 43.2 Å². The molecule has 1 aromatic heterocycles. The number of ether oxygens (including phenoxy) is 1. The highest BCUT2D eigenvalue weighted by Crippen LogP contribution is 2.26. The van der Waals surface area contributed by atoms with E-state index >= 15 is 0 Å². The van der Waals surface area contributed by atoms with Gasteiger partial charge in [-0.1, -0.05) is 0 Å². The van der Waals surface area contributed by atoms with Crippen molar-refractivity contribution >= 4 is 12.4 Å². The van der Waals surface area contributed by atoms with Crippen LogP contribution < -0.4 is 10.5 Å². The Morgan fingerprint density at radius 3 is 2.53 bits per heavy atom. The van der Waals surface area contributed by atoms with Gasteiger partial charge in [-0.2, -0.15) is 5.10 Å². The number of aryl methyl sites for hydroxylation is 1. The van der Waals surface area contributed by atoms with Gasteiger partial charge in [-0.15, -0.1) is 12.4 Å². The number of hydrogen-bond donors (Lipinski definition) is 1. The van der Waals surface area contributed by atoms with Gasteiger partial charge in [0.05, 0.1) is 12.3 Å². The largest absolute Gasteiger partial charge is 0.491 e. The molecule has 0 radical (unpaired) electrons. The van der Waals surface area contributed by atoms with Crippen molar-refractivity contribution in [1.29, 1.82) is 0 Å². The summed E-state index contributed by atoms with van der Waals surface area (Å²) in [6.45, 7) is 4.53. The number of benzene rings is 1. The lowest BCUT2D eigenvalue weighted by molar-refractivity contribution is 0.242. The van der Waals surface area contributed by atoms with Crippen molar-refractivity contribution in [3.8, 4) is 16.9 Å². The van der Waals surface area contributed by atoms with E-state index in [1.54, 1.807) is 4.68 Å². The molecule has 0 bridgehead atoms. The Balaban J connectivity index is 0.00000180. The smallest absolute Gasteiger partial charge is 0.120 e. The molecule has 0 saturated carbocycles. The Bertz CT molecular complexity index is 537. The zero-order valence-corrected chi connectivity index (χ0v) is 12.3. The van der Waals surface area contributed by atoms with E-state index in [1.165, 1.54) is 0 Å². The quantitative estimate of drug-likeness (QED) is 0.937. The molecule has 2 aromatic rings. The lowest BCUT2D eigenvalue weighted by Gasteiger charge is -2.12. The number of nitrogens with zero attached hydrogens (tertiary/aromatic N) is 2. The first-order valence-corrected chi connectivity index (χ1v) is 6.08. The van der Waals surface area contributed by atoms with E-state index < -0.39 is 0 Å². The normalized spacial score (nSPS) is 10.4. The molecule has 4 nitrogen and oxygen atoms in total. The number of rotatable bonds is 4. The molecule has 0 aliphatic heterocycles. The Morgan fingerprint density at radius 1 is 1.26 bits per heavy atom. The number of nitrogens with two attached hydrogens (primary N) is 1. The third kappa shape index (κ3) is 3.98. The average molecular weight is 282 g/mol. The lowest BCUT2D eigenvalue weighted by atomic mass is 10.1. The van der Waals surface area contributed by atoms with Crippen LogP contribution >= 0.6 is 12.4 Å². The van der Waals surface area contributed by atoms with Crippen LogP contribution in [0.4, 0.5) is 0 Å². The fourth-order valence-corrected chi connectivity index (χ4v) is 1.86. The second kappa shape index (κ2) is 6.59. The summed E-state index contributed by atoms with van der Waals surface area (Å²) in [5.74, 6) is 0.854. The molecular weight excluding hydrogens is 262 g/mol. The highest BCUT2D eigenvalue weighted by Gasteiger charge is 2.06.